The number of amides is 4. The lowest BCUT2D eigenvalue weighted by atomic mass is 10.00. The van der Waals surface area contributed by atoms with Crippen molar-refractivity contribution in [2.45, 2.75) is 50.5 Å². The number of hydrogen-bond acceptors (Lipinski definition) is 5. The number of aliphatic hydroxyl groups is 1. The van der Waals surface area contributed by atoms with Crippen LogP contribution in [-0.2, 0) is 33.9 Å². The number of carbonyl (C=O) groups is 4. The van der Waals surface area contributed by atoms with Crippen LogP contribution in [0.15, 0.2) is 91.0 Å². The standard InChI is InChI=1S/C30H32N4O6/c35-26-17-16-25(33(26)19-22-12-6-2-7-13-22)28(37)31-24(18-21-10-4-1-5-11-21)27(36)29(38)32-34(30(39)40)20-23-14-8-3-9-15-23/h1-15,24-25,27,36H,16-20H2,(H,31,37)(H,32,38)(H,39,40). The van der Waals surface area contributed by atoms with Crippen molar-refractivity contribution in [1.29, 1.82) is 0 Å². The molecule has 10 nitrogen and oxygen atoms in total. The summed E-state index contributed by atoms with van der Waals surface area (Å²) in [6, 6.07) is 25.2. The minimum Gasteiger partial charge on any atom is -0.464 e. The first-order valence-electron chi connectivity index (χ1n) is 13.0. The fourth-order valence-corrected chi connectivity index (χ4v) is 4.68. The van der Waals surface area contributed by atoms with Gasteiger partial charge < -0.3 is 20.4 Å². The number of hydrazine groups is 1. The highest BCUT2D eigenvalue weighted by Gasteiger charge is 2.38. The van der Waals surface area contributed by atoms with E-state index in [1.807, 2.05) is 36.4 Å². The highest BCUT2D eigenvalue weighted by atomic mass is 16.4. The van der Waals surface area contributed by atoms with Gasteiger partial charge in [-0.15, -0.1) is 0 Å². The molecule has 40 heavy (non-hydrogen) atoms. The minimum absolute atomic E-state index is 0.103. The summed E-state index contributed by atoms with van der Waals surface area (Å²) in [4.78, 5) is 52.4. The maximum absolute atomic E-state index is 13.4. The highest BCUT2D eigenvalue weighted by Crippen LogP contribution is 2.22. The molecule has 3 atom stereocenters. The summed E-state index contributed by atoms with van der Waals surface area (Å²) in [6.07, 6.45) is -2.56. The molecule has 208 valence electrons. The Hall–Kier alpha value is -4.70. The second-order valence-corrected chi connectivity index (χ2v) is 9.64. The number of hydrogen-bond donors (Lipinski definition) is 4. The third kappa shape index (κ3) is 7.45. The molecule has 1 saturated heterocycles. The molecule has 0 spiro atoms. The molecule has 1 heterocycles. The van der Waals surface area contributed by atoms with Gasteiger partial charge in [-0.25, -0.2) is 9.80 Å². The number of aliphatic hydroxyl groups excluding tert-OH is 1. The van der Waals surface area contributed by atoms with E-state index in [1.54, 1.807) is 54.6 Å². The zero-order chi connectivity index (χ0) is 28.5. The van der Waals surface area contributed by atoms with E-state index in [0.717, 1.165) is 11.1 Å². The average molecular weight is 545 g/mol. The zero-order valence-corrected chi connectivity index (χ0v) is 21.8. The Morgan fingerprint density at radius 2 is 1.43 bits per heavy atom. The molecule has 0 aromatic heterocycles. The second kappa shape index (κ2) is 13.4. The van der Waals surface area contributed by atoms with E-state index < -0.39 is 36.1 Å². The number of benzene rings is 3. The van der Waals surface area contributed by atoms with Crippen LogP contribution in [-0.4, -0.2) is 62.1 Å². The van der Waals surface area contributed by atoms with Crippen LogP contribution < -0.4 is 10.7 Å². The molecule has 4 N–H and O–H groups in total. The van der Waals surface area contributed by atoms with Gasteiger partial charge in [0.25, 0.3) is 5.91 Å². The molecular weight excluding hydrogens is 512 g/mol. The van der Waals surface area contributed by atoms with Crippen molar-refractivity contribution in [2.24, 2.45) is 0 Å². The molecule has 4 amide bonds. The van der Waals surface area contributed by atoms with Crippen LogP contribution in [0, 0.1) is 0 Å². The summed E-state index contributed by atoms with van der Waals surface area (Å²) in [5.41, 5.74) is 4.52. The first-order chi connectivity index (χ1) is 19.3. The summed E-state index contributed by atoms with van der Waals surface area (Å²) >= 11 is 0. The molecule has 3 unspecified atom stereocenters. The van der Waals surface area contributed by atoms with Gasteiger partial charge in [0.2, 0.25) is 11.8 Å². The van der Waals surface area contributed by atoms with E-state index in [0.29, 0.717) is 17.0 Å². The molecule has 3 aromatic carbocycles. The molecule has 0 aliphatic carbocycles. The van der Waals surface area contributed by atoms with Crippen molar-refractivity contribution >= 4 is 23.8 Å². The molecular formula is C30H32N4O6. The van der Waals surface area contributed by atoms with Crippen molar-refractivity contribution in [1.82, 2.24) is 20.7 Å². The van der Waals surface area contributed by atoms with Crippen LogP contribution in [0.3, 0.4) is 0 Å². The van der Waals surface area contributed by atoms with E-state index in [-0.39, 0.29) is 31.8 Å². The Morgan fingerprint density at radius 1 is 0.875 bits per heavy atom. The monoisotopic (exact) mass is 544 g/mol. The molecule has 4 rings (SSSR count). The first-order valence-corrected chi connectivity index (χ1v) is 13.0. The molecule has 10 heteroatoms. The van der Waals surface area contributed by atoms with E-state index >= 15 is 0 Å². The fraction of sp³-hybridized carbons (Fsp3) is 0.267. The number of nitrogens with one attached hydrogen (secondary N) is 2. The van der Waals surface area contributed by atoms with Gasteiger partial charge in [0.15, 0.2) is 6.10 Å². The van der Waals surface area contributed by atoms with Gasteiger partial charge >= 0.3 is 6.09 Å². The average Bonchev–Trinajstić information content (AvgIpc) is 3.33. The van der Waals surface area contributed by atoms with Crippen LogP contribution in [0.25, 0.3) is 0 Å². The minimum atomic E-state index is -1.78. The summed E-state index contributed by atoms with van der Waals surface area (Å²) in [7, 11) is 0. The zero-order valence-electron chi connectivity index (χ0n) is 21.8. The van der Waals surface area contributed by atoms with Gasteiger partial charge in [-0.3, -0.25) is 19.8 Å². The maximum atomic E-state index is 13.4. The van der Waals surface area contributed by atoms with E-state index in [1.165, 1.54) is 4.90 Å². The maximum Gasteiger partial charge on any atom is 0.426 e. The smallest absolute Gasteiger partial charge is 0.426 e. The quantitative estimate of drug-likeness (QED) is 0.289. The van der Waals surface area contributed by atoms with Crippen molar-refractivity contribution in [3.05, 3.63) is 108 Å². The van der Waals surface area contributed by atoms with Gasteiger partial charge in [0.05, 0.1) is 12.6 Å². The van der Waals surface area contributed by atoms with Gasteiger partial charge in [0.1, 0.15) is 6.04 Å². The largest absolute Gasteiger partial charge is 0.464 e. The topological polar surface area (TPSA) is 139 Å². The van der Waals surface area contributed by atoms with Crippen LogP contribution in [0.4, 0.5) is 4.79 Å². The van der Waals surface area contributed by atoms with Crippen LogP contribution in [0.1, 0.15) is 29.5 Å². The lowest BCUT2D eigenvalue weighted by Crippen LogP contribution is -2.58. The van der Waals surface area contributed by atoms with Crippen molar-refractivity contribution in [3.63, 3.8) is 0 Å². The summed E-state index contributed by atoms with van der Waals surface area (Å²) in [6.45, 7) is 0.125. The van der Waals surface area contributed by atoms with E-state index in [2.05, 4.69) is 10.7 Å². The fourth-order valence-electron chi connectivity index (χ4n) is 4.68. The SMILES string of the molecule is O=C(NN(Cc1ccccc1)C(=O)O)C(O)C(Cc1ccccc1)NC(=O)C1CCC(=O)N1Cc1ccccc1. The number of likely N-dealkylation sites (tertiary alicyclic amines) is 1. The lowest BCUT2D eigenvalue weighted by Gasteiger charge is -2.29. The van der Waals surface area contributed by atoms with E-state index in [4.69, 9.17) is 0 Å². The van der Waals surface area contributed by atoms with Gasteiger partial charge in [-0.05, 0) is 29.5 Å². The molecule has 1 aliphatic heterocycles. The number of nitrogens with zero attached hydrogens (tertiary/aromatic N) is 2. The number of rotatable bonds is 10. The lowest BCUT2D eigenvalue weighted by molar-refractivity contribution is -0.139. The van der Waals surface area contributed by atoms with E-state index in [9.17, 15) is 29.4 Å². The van der Waals surface area contributed by atoms with Crippen molar-refractivity contribution in [2.75, 3.05) is 0 Å². The Morgan fingerprint density at radius 3 is 2.00 bits per heavy atom. The Bertz CT molecular complexity index is 1310. The third-order valence-corrected chi connectivity index (χ3v) is 6.76. The van der Waals surface area contributed by atoms with Crippen LogP contribution in [0.5, 0.6) is 0 Å². The third-order valence-electron chi connectivity index (χ3n) is 6.76. The summed E-state index contributed by atoms with van der Waals surface area (Å²) in [5, 5.41) is 24.1. The Balaban J connectivity index is 1.49. The summed E-state index contributed by atoms with van der Waals surface area (Å²) < 4.78 is 0. The predicted molar refractivity (Wildman–Crippen MR) is 146 cm³/mol. The molecule has 3 aromatic rings. The van der Waals surface area contributed by atoms with Gasteiger partial charge in [0, 0.05) is 13.0 Å². The van der Waals surface area contributed by atoms with Gasteiger partial charge in [-0.1, -0.05) is 91.0 Å². The predicted octanol–water partition coefficient (Wildman–Crippen LogP) is 2.48. The molecule has 1 aliphatic rings. The van der Waals surface area contributed by atoms with Crippen LogP contribution >= 0.6 is 0 Å². The first kappa shape index (κ1) is 28.3. The second-order valence-electron chi connectivity index (χ2n) is 9.64. The number of carbonyl (C=O) groups excluding carboxylic acids is 3. The van der Waals surface area contributed by atoms with Gasteiger partial charge in [-0.2, -0.15) is 0 Å². The Kier molecular flexibility index (Phi) is 9.48. The molecule has 0 radical (unpaired) electrons. The normalized spacial score (nSPS) is 16.2. The van der Waals surface area contributed by atoms with Crippen molar-refractivity contribution < 1.29 is 29.4 Å². The highest BCUT2D eigenvalue weighted by molar-refractivity contribution is 5.91. The summed E-state index contributed by atoms with van der Waals surface area (Å²) in [5.74, 6) is -1.63. The number of carboxylic acid groups (broad SMARTS) is 1. The molecule has 0 bridgehead atoms. The molecule has 0 saturated carbocycles. The molecule has 1 fully saturated rings. The van der Waals surface area contributed by atoms with Crippen LogP contribution in [0.2, 0.25) is 0 Å². The van der Waals surface area contributed by atoms with Crippen molar-refractivity contribution in [3.8, 4) is 0 Å². The Labute approximate surface area is 232 Å².